The third-order valence-electron chi connectivity index (χ3n) is 2.50. The molecule has 1 aromatic carbocycles. The van der Waals surface area contributed by atoms with Gasteiger partial charge in [-0.2, -0.15) is 0 Å². The van der Waals surface area contributed by atoms with Crippen molar-refractivity contribution in [2.75, 3.05) is 20.3 Å². The molecule has 1 rings (SSSR count). The fourth-order valence-corrected chi connectivity index (χ4v) is 1.61. The van der Waals surface area contributed by atoms with Crippen LogP contribution in [0.2, 0.25) is 0 Å². The van der Waals surface area contributed by atoms with E-state index < -0.39 is 5.54 Å². The Labute approximate surface area is 95.8 Å². The number of nitrogens with two attached hydrogens (primary N) is 1. The zero-order valence-corrected chi connectivity index (χ0v) is 9.69. The van der Waals surface area contributed by atoms with Crippen molar-refractivity contribution < 1.29 is 9.53 Å². The molecule has 0 aromatic heterocycles. The number of rotatable bonds is 6. The summed E-state index contributed by atoms with van der Waals surface area (Å²) >= 11 is 0. The number of primary amides is 1. The van der Waals surface area contributed by atoms with Gasteiger partial charge in [0.2, 0.25) is 5.91 Å². The molecule has 0 saturated heterocycles. The second-order valence-corrected chi connectivity index (χ2v) is 3.95. The van der Waals surface area contributed by atoms with E-state index >= 15 is 0 Å². The molecule has 4 nitrogen and oxygen atoms in total. The first kappa shape index (κ1) is 12.7. The van der Waals surface area contributed by atoms with Crippen LogP contribution in [0.1, 0.15) is 12.5 Å². The highest BCUT2D eigenvalue weighted by Gasteiger charge is 2.26. The molecular weight excluding hydrogens is 204 g/mol. The average molecular weight is 222 g/mol. The van der Waals surface area contributed by atoms with Crippen molar-refractivity contribution in [3.63, 3.8) is 0 Å². The zero-order valence-electron chi connectivity index (χ0n) is 9.69. The topological polar surface area (TPSA) is 64.3 Å². The van der Waals surface area contributed by atoms with E-state index in [-0.39, 0.29) is 12.5 Å². The number of nitrogens with one attached hydrogen (secondary N) is 1. The van der Waals surface area contributed by atoms with Gasteiger partial charge < -0.3 is 10.5 Å². The summed E-state index contributed by atoms with van der Waals surface area (Å²) in [6.07, 6.45) is 0. The highest BCUT2D eigenvalue weighted by atomic mass is 16.5. The van der Waals surface area contributed by atoms with E-state index in [9.17, 15) is 4.79 Å². The zero-order chi connectivity index (χ0) is 12.0. The predicted molar refractivity (Wildman–Crippen MR) is 62.9 cm³/mol. The molecule has 88 valence electrons. The SMILES string of the molecule is COC[C@@](C)(NCC(N)=O)c1ccccc1. The number of hydrogen-bond donors (Lipinski definition) is 2. The first-order valence-corrected chi connectivity index (χ1v) is 5.16. The quantitative estimate of drug-likeness (QED) is 0.741. The van der Waals surface area contributed by atoms with E-state index in [4.69, 9.17) is 10.5 Å². The Morgan fingerprint density at radius 1 is 1.44 bits per heavy atom. The van der Waals surface area contributed by atoms with Crippen molar-refractivity contribution in [2.45, 2.75) is 12.5 Å². The van der Waals surface area contributed by atoms with E-state index in [1.165, 1.54) is 0 Å². The molecule has 0 fully saturated rings. The van der Waals surface area contributed by atoms with Crippen LogP contribution in [0.3, 0.4) is 0 Å². The molecule has 0 bridgehead atoms. The Morgan fingerprint density at radius 3 is 2.56 bits per heavy atom. The molecular formula is C12H18N2O2. The molecule has 0 aliphatic rings. The van der Waals surface area contributed by atoms with Crippen LogP contribution in [-0.2, 0) is 15.1 Å². The standard InChI is InChI=1S/C12H18N2O2/c1-12(9-16-2,14-8-11(13)15)10-6-4-3-5-7-10/h3-7,14H,8-9H2,1-2H3,(H2,13,15)/t12-/m1/s1. The van der Waals surface area contributed by atoms with Crippen LogP contribution < -0.4 is 11.1 Å². The first-order valence-electron chi connectivity index (χ1n) is 5.16. The predicted octanol–water partition coefficient (Wildman–Crippen LogP) is 0.623. The van der Waals surface area contributed by atoms with Crippen LogP contribution in [0.15, 0.2) is 30.3 Å². The lowest BCUT2D eigenvalue weighted by Crippen LogP contribution is -2.47. The third kappa shape index (κ3) is 3.32. The average Bonchev–Trinajstić information content (AvgIpc) is 2.28. The van der Waals surface area contributed by atoms with Gasteiger partial charge in [-0.1, -0.05) is 30.3 Å². The molecule has 4 heteroatoms. The second-order valence-electron chi connectivity index (χ2n) is 3.95. The maximum atomic E-state index is 10.8. The Kier molecular flexibility index (Phi) is 4.46. The van der Waals surface area contributed by atoms with Crippen molar-refractivity contribution in [3.05, 3.63) is 35.9 Å². The maximum absolute atomic E-state index is 10.8. The molecule has 1 atom stereocenters. The van der Waals surface area contributed by atoms with Gasteiger partial charge in [-0.05, 0) is 12.5 Å². The Hall–Kier alpha value is -1.39. The van der Waals surface area contributed by atoms with E-state index in [1.807, 2.05) is 37.3 Å². The van der Waals surface area contributed by atoms with Crippen LogP contribution >= 0.6 is 0 Å². The lowest BCUT2D eigenvalue weighted by Gasteiger charge is -2.30. The van der Waals surface area contributed by atoms with Gasteiger partial charge in [0.15, 0.2) is 0 Å². The number of carbonyl (C=O) groups is 1. The lowest BCUT2D eigenvalue weighted by atomic mass is 9.93. The highest BCUT2D eigenvalue weighted by Crippen LogP contribution is 2.20. The molecule has 0 heterocycles. The fourth-order valence-electron chi connectivity index (χ4n) is 1.61. The van der Waals surface area contributed by atoms with Crippen LogP contribution in [-0.4, -0.2) is 26.2 Å². The molecule has 0 radical (unpaired) electrons. The molecule has 0 unspecified atom stereocenters. The minimum Gasteiger partial charge on any atom is -0.382 e. The van der Waals surface area contributed by atoms with Crippen LogP contribution in [0, 0.1) is 0 Å². The van der Waals surface area contributed by atoms with Gasteiger partial charge in [-0.15, -0.1) is 0 Å². The minimum absolute atomic E-state index is 0.134. The van der Waals surface area contributed by atoms with Crippen molar-refractivity contribution in [1.82, 2.24) is 5.32 Å². The van der Waals surface area contributed by atoms with Crippen LogP contribution in [0.4, 0.5) is 0 Å². The molecule has 0 aliphatic carbocycles. The maximum Gasteiger partial charge on any atom is 0.231 e. The van der Waals surface area contributed by atoms with Gasteiger partial charge in [0.25, 0.3) is 0 Å². The van der Waals surface area contributed by atoms with Gasteiger partial charge in [-0.25, -0.2) is 0 Å². The van der Waals surface area contributed by atoms with Crippen molar-refractivity contribution in [2.24, 2.45) is 5.73 Å². The summed E-state index contributed by atoms with van der Waals surface area (Å²) in [5.41, 5.74) is 5.80. The Bertz CT molecular complexity index is 340. The van der Waals surface area contributed by atoms with Gasteiger partial charge in [0.1, 0.15) is 0 Å². The lowest BCUT2D eigenvalue weighted by molar-refractivity contribution is -0.117. The largest absolute Gasteiger partial charge is 0.382 e. The van der Waals surface area contributed by atoms with E-state index in [0.29, 0.717) is 6.61 Å². The summed E-state index contributed by atoms with van der Waals surface area (Å²) in [6.45, 7) is 2.59. The number of carbonyl (C=O) groups excluding carboxylic acids is 1. The second kappa shape index (κ2) is 5.63. The summed E-state index contributed by atoms with van der Waals surface area (Å²) in [6, 6.07) is 9.84. The number of methoxy groups -OCH3 is 1. The Morgan fingerprint density at radius 2 is 2.06 bits per heavy atom. The van der Waals surface area contributed by atoms with Gasteiger partial charge in [-0.3, -0.25) is 10.1 Å². The fraction of sp³-hybridized carbons (Fsp3) is 0.417. The first-order chi connectivity index (χ1) is 7.58. The number of hydrogen-bond acceptors (Lipinski definition) is 3. The van der Waals surface area contributed by atoms with Gasteiger partial charge >= 0.3 is 0 Å². The summed E-state index contributed by atoms with van der Waals surface area (Å²) in [7, 11) is 1.63. The number of benzene rings is 1. The van der Waals surface area contributed by atoms with E-state index in [1.54, 1.807) is 7.11 Å². The molecule has 0 spiro atoms. The highest BCUT2D eigenvalue weighted by molar-refractivity contribution is 5.76. The molecule has 16 heavy (non-hydrogen) atoms. The van der Waals surface area contributed by atoms with Gasteiger partial charge in [0, 0.05) is 7.11 Å². The summed E-state index contributed by atoms with van der Waals surface area (Å²) in [4.78, 5) is 10.8. The molecule has 1 aromatic rings. The summed E-state index contributed by atoms with van der Waals surface area (Å²) in [5.74, 6) is -0.377. The van der Waals surface area contributed by atoms with Crippen molar-refractivity contribution in [1.29, 1.82) is 0 Å². The van der Waals surface area contributed by atoms with Crippen molar-refractivity contribution in [3.8, 4) is 0 Å². The molecule has 0 saturated carbocycles. The summed E-state index contributed by atoms with van der Waals surface area (Å²) in [5, 5.41) is 3.11. The third-order valence-corrected chi connectivity index (χ3v) is 2.50. The molecule has 1 amide bonds. The molecule has 0 aliphatic heterocycles. The normalized spacial score (nSPS) is 14.4. The van der Waals surface area contributed by atoms with Crippen LogP contribution in [0.25, 0.3) is 0 Å². The van der Waals surface area contributed by atoms with Gasteiger partial charge in [0.05, 0.1) is 18.7 Å². The summed E-state index contributed by atoms with van der Waals surface area (Å²) < 4.78 is 5.18. The number of ether oxygens (including phenoxy) is 1. The van der Waals surface area contributed by atoms with Crippen LogP contribution in [0.5, 0.6) is 0 Å². The minimum atomic E-state index is -0.398. The molecule has 3 N–H and O–H groups in total. The Balaban J connectivity index is 2.83. The monoisotopic (exact) mass is 222 g/mol. The van der Waals surface area contributed by atoms with E-state index in [0.717, 1.165) is 5.56 Å². The number of amides is 1. The van der Waals surface area contributed by atoms with Crippen molar-refractivity contribution >= 4 is 5.91 Å². The smallest absolute Gasteiger partial charge is 0.231 e. The van der Waals surface area contributed by atoms with E-state index in [2.05, 4.69) is 5.32 Å².